The number of methoxy groups -OCH3 is 1. The van der Waals surface area contributed by atoms with E-state index in [1.165, 1.54) is 0 Å². The van der Waals surface area contributed by atoms with Crippen LogP contribution in [0.15, 0.2) is 23.1 Å². The molecule has 0 amide bonds. The fraction of sp³-hybridized carbons (Fsp3) is 0.500. The second-order valence-corrected chi connectivity index (χ2v) is 5.10. The maximum atomic E-state index is 9.40. The maximum absolute atomic E-state index is 9.40. The van der Waals surface area contributed by atoms with Gasteiger partial charge in [-0.2, -0.15) is 0 Å². The molecule has 90 valence electrons. The number of ether oxygens (including phenoxy) is 1. The van der Waals surface area contributed by atoms with Crippen molar-refractivity contribution in [2.75, 3.05) is 19.5 Å². The normalized spacial score (nSPS) is 12.8. The lowest BCUT2D eigenvalue weighted by Crippen LogP contribution is -1.92. The number of hydrogen-bond donors (Lipinski definition) is 1. The molecule has 1 aromatic rings. The van der Waals surface area contributed by atoms with Crippen LogP contribution >= 0.6 is 23.4 Å². The van der Waals surface area contributed by atoms with E-state index in [0.29, 0.717) is 5.02 Å². The fourth-order valence-corrected chi connectivity index (χ4v) is 2.48. The van der Waals surface area contributed by atoms with Crippen LogP contribution in [0.1, 0.15) is 25.0 Å². The molecular formula is C12H17ClO2S. The van der Waals surface area contributed by atoms with Crippen molar-refractivity contribution in [3.63, 3.8) is 0 Å². The Bertz CT molecular complexity index is 329. The highest BCUT2D eigenvalue weighted by atomic mass is 35.5. The summed E-state index contributed by atoms with van der Waals surface area (Å²) >= 11 is 7.84. The van der Waals surface area contributed by atoms with Gasteiger partial charge in [0.25, 0.3) is 0 Å². The topological polar surface area (TPSA) is 29.5 Å². The summed E-state index contributed by atoms with van der Waals surface area (Å²) in [5.74, 6) is 0.988. The molecule has 2 nitrogen and oxygen atoms in total. The molecule has 1 atom stereocenters. The highest BCUT2D eigenvalue weighted by Crippen LogP contribution is 2.30. The highest BCUT2D eigenvalue weighted by Gasteiger charge is 2.05. The third-order valence-corrected chi connectivity index (χ3v) is 3.77. The van der Waals surface area contributed by atoms with E-state index in [1.54, 1.807) is 25.8 Å². The number of hydrogen-bond acceptors (Lipinski definition) is 3. The summed E-state index contributed by atoms with van der Waals surface area (Å²) in [6.45, 7) is 2.51. The van der Waals surface area contributed by atoms with Gasteiger partial charge in [0, 0.05) is 24.4 Å². The minimum Gasteiger partial charge on any atom is -0.389 e. The number of aliphatic hydroxyl groups is 1. The third-order valence-electron chi connectivity index (χ3n) is 2.19. The predicted octanol–water partition coefficient (Wildman–Crippen LogP) is 3.52. The Hall–Kier alpha value is -0.220. The minimum absolute atomic E-state index is 0.468. The van der Waals surface area contributed by atoms with Crippen molar-refractivity contribution in [1.29, 1.82) is 0 Å². The smallest absolute Gasteiger partial charge is 0.0762 e. The van der Waals surface area contributed by atoms with Crippen molar-refractivity contribution < 1.29 is 9.84 Å². The number of aliphatic hydroxyl groups excluding tert-OH is 1. The Morgan fingerprint density at radius 3 is 2.81 bits per heavy atom. The van der Waals surface area contributed by atoms with Crippen LogP contribution in [0.25, 0.3) is 0 Å². The molecular weight excluding hydrogens is 244 g/mol. The first-order valence-corrected chi connectivity index (χ1v) is 6.60. The predicted molar refractivity (Wildman–Crippen MR) is 69.3 cm³/mol. The van der Waals surface area contributed by atoms with E-state index in [2.05, 4.69) is 0 Å². The van der Waals surface area contributed by atoms with Gasteiger partial charge in [-0.05, 0) is 31.0 Å². The summed E-state index contributed by atoms with van der Waals surface area (Å²) in [6, 6.07) is 5.70. The van der Waals surface area contributed by atoms with Gasteiger partial charge in [-0.15, -0.1) is 11.8 Å². The van der Waals surface area contributed by atoms with Gasteiger partial charge in [-0.3, -0.25) is 0 Å². The molecule has 0 fully saturated rings. The molecule has 0 saturated carbocycles. The molecule has 0 aliphatic heterocycles. The fourth-order valence-electron chi connectivity index (χ4n) is 1.28. The van der Waals surface area contributed by atoms with E-state index in [1.807, 2.05) is 18.2 Å². The molecule has 0 saturated heterocycles. The largest absolute Gasteiger partial charge is 0.389 e. The lowest BCUT2D eigenvalue weighted by Gasteiger charge is -2.08. The second kappa shape index (κ2) is 7.17. The van der Waals surface area contributed by atoms with E-state index in [-0.39, 0.29) is 0 Å². The van der Waals surface area contributed by atoms with Gasteiger partial charge in [-0.1, -0.05) is 17.7 Å². The van der Waals surface area contributed by atoms with Crippen molar-refractivity contribution >= 4 is 23.4 Å². The Morgan fingerprint density at radius 1 is 1.50 bits per heavy atom. The summed E-state index contributed by atoms with van der Waals surface area (Å²) in [7, 11) is 1.70. The van der Waals surface area contributed by atoms with Crippen LogP contribution in [0.2, 0.25) is 5.02 Å². The summed E-state index contributed by atoms with van der Waals surface area (Å²) in [4.78, 5) is 1.06. The van der Waals surface area contributed by atoms with Crippen molar-refractivity contribution in [2.24, 2.45) is 0 Å². The molecule has 16 heavy (non-hydrogen) atoms. The van der Waals surface area contributed by atoms with E-state index >= 15 is 0 Å². The minimum atomic E-state index is -0.468. The van der Waals surface area contributed by atoms with Crippen molar-refractivity contribution in [2.45, 2.75) is 24.3 Å². The molecule has 0 aliphatic rings. The Balaban J connectivity index is 2.54. The molecule has 4 heteroatoms. The van der Waals surface area contributed by atoms with Crippen LogP contribution in [0.4, 0.5) is 0 Å². The van der Waals surface area contributed by atoms with Gasteiger partial charge >= 0.3 is 0 Å². The number of thioether (sulfide) groups is 1. The third kappa shape index (κ3) is 4.34. The lowest BCUT2D eigenvalue weighted by molar-refractivity contribution is 0.199. The van der Waals surface area contributed by atoms with Crippen LogP contribution in [-0.2, 0) is 4.74 Å². The molecule has 0 spiro atoms. The average molecular weight is 261 g/mol. The van der Waals surface area contributed by atoms with E-state index in [0.717, 1.165) is 29.2 Å². The summed E-state index contributed by atoms with van der Waals surface area (Å²) in [5.41, 5.74) is 0.853. The monoisotopic (exact) mass is 260 g/mol. The van der Waals surface area contributed by atoms with Crippen LogP contribution in [0.3, 0.4) is 0 Å². The van der Waals surface area contributed by atoms with Crippen LogP contribution in [0, 0.1) is 0 Å². The van der Waals surface area contributed by atoms with Gasteiger partial charge in [-0.25, -0.2) is 0 Å². The first-order chi connectivity index (χ1) is 7.65. The van der Waals surface area contributed by atoms with Gasteiger partial charge in [0.2, 0.25) is 0 Å². The Labute approximate surface area is 106 Å². The van der Waals surface area contributed by atoms with E-state index < -0.39 is 6.10 Å². The van der Waals surface area contributed by atoms with Crippen LogP contribution in [0.5, 0.6) is 0 Å². The maximum Gasteiger partial charge on any atom is 0.0762 e. The average Bonchev–Trinajstić information content (AvgIpc) is 2.26. The van der Waals surface area contributed by atoms with Crippen molar-refractivity contribution in [3.05, 3.63) is 28.8 Å². The van der Waals surface area contributed by atoms with E-state index in [9.17, 15) is 5.11 Å². The summed E-state index contributed by atoms with van der Waals surface area (Å²) < 4.78 is 4.98. The molecule has 0 aromatic heterocycles. The number of halogens is 1. The second-order valence-electron chi connectivity index (χ2n) is 3.56. The standard InChI is InChI=1S/C12H17ClO2S/c1-9(14)10-4-5-12(11(13)8-10)16-7-3-6-15-2/h4-5,8-9,14H,3,6-7H2,1-2H3. The van der Waals surface area contributed by atoms with Crippen molar-refractivity contribution in [3.8, 4) is 0 Å². The number of rotatable bonds is 6. The molecule has 1 N–H and O–H groups in total. The van der Waals surface area contributed by atoms with Gasteiger partial charge in [0.1, 0.15) is 0 Å². The molecule has 1 unspecified atom stereocenters. The van der Waals surface area contributed by atoms with Gasteiger partial charge < -0.3 is 9.84 Å². The zero-order valence-electron chi connectivity index (χ0n) is 9.57. The van der Waals surface area contributed by atoms with Crippen LogP contribution in [-0.4, -0.2) is 24.6 Å². The number of benzene rings is 1. The molecule has 0 heterocycles. The quantitative estimate of drug-likeness (QED) is 0.627. The summed E-state index contributed by atoms with van der Waals surface area (Å²) in [5, 5.41) is 10.1. The van der Waals surface area contributed by atoms with Crippen LogP contribution < -0.4 is 0 Å². The highest BCUT2D eigenvalue weighted by molar-refractivity contribution is 7.99. The molecule has 0 radical (unpaired) electrons. The SMILES string of the molecule is COCCCSc1ccc(C(C)O)cc1Cl. The van der Waals surface area contributed by atoms with Crippen molar-refractivity contribution in [1.82, 2.24) is 0 Å². The molecule has 0 bridgehead atoms. The van der Waals surface area contributed by atoms with Gasteiger partial charge in [0.15, 0.2) is 0 Å². The van der Waals surface area contributed by atoms with E-state index in [4.69, 9.17) is 16.3 Å². The zero-order chi connectivity index (χ0) is 12.0. The first kappa shape index (κ1) is 13.8. The van der Waals surface area contributed by atoms with Gasteiger partial charge in [0.05, 0.1) is 11.1 Å². The molecule has 0 aliphatic carbocycles. The lowest BCUT2D eigenvalue weighted by atomic mass is 10.1. The first-order valence-electron chi connectivity index (χ1n) is 5.24. The molecule has 1 rings (SSSR count). The zero-order valence-corrected chi connectivity index (χ0v) is 11.1. The molecule has 1 aromatic carbocycles. The Morgan fingerprint density at radius 2 is 2.25 bits per heavy atom. The Kier molecular flexibility index (Phi) is 6.21. The summed E-state index contributed by atoms with van der Waals surface area (Å²) in [6.07, 6.45) is 0.542.